The molecule has 19 heavy (non-hydrogen) atoms. The van der Waals surface area contributed by atoms with Crippen LogP contribution in [-0.4, -0.2) is 23.9 Å². The van der Waals surface area contributed by atoms with Crippen LogP contribution in [-0.2, 0) is 9.59 Å². The van der Waals surface area contributed by atoms with Gasteiger partial charge >= 0.3 is 0 Å². The van der Waals surface area contributed by atoms with E-state index in [0.717, 1.165) is 32.1 Å². The lowest BCUT2D eigenvalue weighted by molar-refractivity contribution is -0.152. The fraction of sp³-hybridized carbons (Fsp3) is 0.867. The molecule has 0 heterocycles. The van der Waals surface area contributed by atoms with E-state index in [0.29, 0.717) is 18.4 Å². The maximum Gasteiger partial charge on any atom is 0.226 e. The van der Waals surface area contributed by atoms with Gasteiger partial charge in [0.25, 0.3) is 0 Å². The number of nitrogens with one attached hydrogen (secondary N) is 2. The molecule has 4 saturated carbocycles. The van der Waals surface area contributed by atoms with Crippen molar-refractivity contribution in [1.29, 1.82) is 0 Å². The Morgan fingerprint density at radius 2 is 1.79 bits per heavy atom. The summed E-state index contributed by atoms with van der Waals surface area (Å²) in [6, 6.07) is 0. The van der Waals surface area contributed by atoms with Crippen molar-refractivity contribution in [3.8, 4) is 0 Å². The van der Waals surface area contributed by atoms with E-state index in [-0.39, 0.29) is 22.8 Å². The molecular formula is C15H24N2O2. The monoisotopic (exact) mass is 264 g/mol. The molecule has 4 nitrogen and oxygen atoms in total. The molecule has 0 aromatic heterocycles. The Labute approximate surface area is 114 Å². The van der Waals surface area contributed by atoms with E-state index in [1.807, 2.05) is 6.92 Å². The lowest BCUT2D eigenvalue weighted by Gasteiger charge is -2.61. The average molecular weight is 264 g/mol. The van der Waals surface area contributed by atoms with Gasteiger partial charge in [0.2, 0.25) is 11.8 Å². The number of hydrogen-bond acceptors (Lipinski definition) is 2. The van der Waals surface area contributed by atoms with Crippen LogP contribution in [0.1, 0.15) is 52.4 Å². The molecule has 4 aliphatic rings. The number of amides is 2. The second-order valence-corrected chi connectivity index (χ2v) is 7.06. The van der Waals surface area contributed by atoms with Crippen LogP contribution in [0.2, 0.25) is 0 Å². The van der Waals surface area contributed by atoms with E-state index < -0.39 is 0 Å². The van der Waals surface area contributed by atoms with Crippen molar-refractivity contribution in [3.63, 3.8) is 0 Å². The highest BCUT2D eigenvalue weighted by Gasteiger charge is 2.60. The van der Waals surface area contributed by atoms with Gasteiger partial charge in [-0.25, -0.2) is 0 Å². The van der Waals surface area contributed by atoms with Crippen LogP contribution >= 0.6 is 0 Å². The fourth-order valence-electron chi connectivity index (χ4n) is 5.40. The molecule has 2 N–H and O–H groups in total. The minimum absolute atomic E-state index is 0.0491. The molecule has 4 aliphatic carbocycles. The van der Waals surface area contributed by atoms with Gasteiger partial charge in [-0.2, -0.15) is 0 Å². The summed E-state index contributed by atoms with van der Waals surface area (Å²) in [4.78, 5) is 24.0. The minimum atomic E-state index is -0.206. The second kappa shape index (κ2) is 4.22. The molecule has 2 atom stereocenters. The number of hydrogen-bond donors (Lipinski definition) is 2. The van der Waals surface area contributed by atoms with Crippen molar-refractivity contribution in [3.05, 3.63) is 0 Å². The number of carbonyl (C=O) groups excluding carboxylic acids is 2. The Morgan fingerprint density at radius 3 is 2.32 bits per heavy atom. The zero-order valence-corrected chi connectivity index (χ0v) is 11.9. The van der Waals surface area contributed by atoms with Crippen LogP contribution < -0.4 is 10.6 Å². The van der Waals surface area contributed by atoms with Gasteiger partial charge in [-0.05, 0) is 57.3 Å². The van der Waals surface area contributed by atoms with Crippen LogP contribution in [0, 0.1) is 17.3 Å². The second-order valence-electron chi connectivity index (χ2n) is 7.06. The first-order chi connectivity index (χ1) is 8.97. The molecule has 0 spiro atoms. The molecule has 0 radical (unpaired) electrons. The van der Waals surface area contributed by atoms with Gasteiger partial charge in [-0.15, -0.1) is 0 Å². The highest BCUT2D eigenvalue weighted by Crippen LogP contribution is 2.61. The van der Waals surface area contributed by atoms with Crippen LogP contribution in [0.5, 0.6) is 0 Å². The van der Waals surface area contributed by atoms with Gasteiger partial charge in [0.05, 0.1) is 5.41 Å². The van der Waals surface area contributed by atoms with Crippen molar-refractivity contribution in [1.82, 2.24) is 10.6 Å². The van der Waals surface area contributed by atoms with Gasteiger partial charge in [0.1, 0.15) is 0 Å². The third kappa shape index (κ3) is 2.05. The molecule has 2 amide bonds. The smallest absolute Gasteiger partial charge is 0.226 e. The number of carbonyl (C=O) groups is 2. The molecule has 4 fully saturated rings. The highest BCUT2D eigenvalue weighted by atomic mass is 16.2. The van der Waals surface area contributed by atoms with Crippen molar-refractivity contribution in [2.75, 3.05) is 6.54 Å². The first-order valence-corrected chi connectivity index (χ1v) is 7.54. The topological polar surface area (TPSA) is 58.2 Å². The largest absolute Gasteiger partial charge is 0.356 e. The van der Waals surface area contributed by atoms with Crippen LogP contribution in [0.3, 0.4) is 0 Å². The van der Waals surface area contributed by atoms with Gasteiger partial charge in [0, 0.05) is 19.0 Å². The summed E-state index contributed by atoms with van der Waals surface area (Å²) in [6.07, 6.45) is 6.29. The van der Waals surface area contributed by atoms with Crippen molar-refractivity contribution in [2.24, 2.45) is 17.3 Å². The summed E-state index contributed by atoms with van der Waals surface area (Å²) in [5.41, 5.74) is -0.302. The molecule has 4 rings (SSSR count). The molecule has 4 heteroatoms. The lowest BCUT2D eigenvalue weighted by Crippen LogP contribution is -2.65. The Hall–Kier alpha value is -1.06. The van der Waals surface area contributed by atoms with E-state index in [2.05, 4.69) is 10.6 Å². The van der Waals surface area contributed by atoms with Crippen LogP contribution in [0.4, 0.5) is 0 Å². The van der Waals surface area contributed by atoms with E-state index in [1.54, 1.807) is 6.92 Å². The predicted molar refractivity (Wildman–Crippen MR) is 72.3 cm³/mol. The molecule has 0 saturated heterocycles. The molecule has 106 valence electrons. The maximum atomic E-state index is 12.5. The van der Waals surface area contributed by atoms with Gasteiger partial charge < -0.3 is 10.6 Å². The third-order valence-electron chi connectivity index (χ3n) is 5.32. The zero-order valence-electron chi connectivity index (χ0n) is 11.9. The van der Waals surface area contributed by atoms with E-state index >= 15 is 0 Å². The van der Waals surface area contributed by atoms with Gasteiger partial charge in [0.15, 0.2) is 0 Å². The zero-order chi connectivity index (χ0) is 13.7. The van der Waals surface area contributed by atoms with Crippen molar-refractivity contribution in [2.45, 2.75) is 57.9 Å². The van der Waals surface area contributed by atoms with Gasteiger partial charge in [-0.1, -0.05) is 0 Å². The SMILES string of the molecule is CCNC(=O)C12CC3CC(CC(NC(C)=O)(C3)C1)C2. The molecule has 4 bridgehead atoms. The van der Waals surface area contributed by atoms with Crippen molar-refractivity contribution < 1.29 is 9.59 Å². The van der Waals surface area contributed by atoms with E-state index in [1.165, 1.54) is 6.42 Å². The normalized spacial score (nSPS) is 43.1. The quantitative estimate of drug-likeness (QED) is 0.813. The maximum absolute atomic E-state index is 12.5. The summed E-state index contributed by atoms with van der Waals surface area (Å²) in [5, 5.41) is 6.21. The summed E-state index contributed by atoms with van der Waals surface area (Å²) >= 11 is 0. The first kappa shape index (κ1) is 12.9. The number of rotatable bonds is 3. The molecule has 0 aliphatic heterocycles. The summed E-state index contributed by atoms with van der Waals surface area (Å²) < 4.78 is 0. The molecular weight excluding hydrogens is 240 g/mol. The summed E-state index contributed by atoms with van der Waals surface area (Å²) in [7, 11) is 0. The van der Waals surface area contributed by atoms with Crippen LogP contribution in [0.25, 0.3) is 0 Å². The summed E-state index contributed by atoms with van der Waals surface area (Å²) in [5.74, 6) is 1.51. The standard InChI is InChI=1S/C15H24N2O2/c1-3-16-13(19)14-5-11-4-12(6-14)8-15(7-11,9-14)17-10(2)18/h11-12H,3-9H2,1-2H3,(H,16,19)(H,17,18). The highest BCUT2D eigenvalue weighted by molar-refractivity contribution is 5.83. The Balaban J connectivity index is 1.88. The Bertz CT molecular complexity index is 404. The Kier molecular flexibility index (Phi) is 2.88. The molecule has 2 unspecified atom stereocenters. The third-order valence-corrected chi connectivity index (χ3v) is 5.32. The van der Waals surface area contributed by atoms with Gasteiger partial charge in [-0.3, -0.25) is 9.59 Å². The minimum Gasteiger partial charge on any atom is -0.356 e. The predicted octanol–water partition coefficient (Wildman–Crippen LogP) is 1.60. The molecule has 0 aromatic carbocycles. The molecule has 0 aromatic rings. The first-order valence-electron chi connectivity index (χ1n) is 7.54. The van der Waals surface area contributed by atoms with Crippen LogP contribution in [0.15, 0.2) is 0 Å². The Morgan fingerprint density at radius 1 is 1.16 bits per heavy atom. The fourth-order valence-corrected chi connectivity index (χ4v) is 5.40. The van der Waals surface area contributed by atoms with E-state index in [9.17, 15) is 9.59 Å². The van der Waals surface area contributed by atoms with Crippen molar-refractivity contribution >= 4 is 11.8 Å². The van der Waals surface area contributed by atoms with E-state index in [4.69, 9.17) is 0 Å². The lowest BCUT2D eigenvalue weighted by atomic mass is 9.46. The average Bonchev–Trinajstić information content (AvgIpc) is 2.25. The summed E-state index contributed by atoms with van der Waals surface area (Å²) in [6.45, 7) is 4.27.